The predicted octanol–water partition coefficient (Wildman–Crippen LogP) is 6.11. The lowest BCUT2D eigenvalue weighted by molar-refractivity contribution is 0.407. The molecule has 3 nitrogen and oxygen atoms in total. The second-order valence-corrected chi connectivity index (χ2v) is 7.27. The van der Waals surface area contributed by atoms with E-state index in [2.05, 4.69) is 46.2 Å². The first-order chi connectivity index (χ1) is 12.2. The Morgan fingerprint density at radius 1 is 1.12 bits per heavy atom. The summed E-state index contributed by atoms with van der Waals surface area (Å²) in [7, 11) is 0. The Morgan fingerprint density at radius 2 is 1.88 bits per heavy atom. The van der Waals surface area contributed by atoms with E-state index >= 15 is 0 Å². The molecule has 2 aromatic carbocycles. The molecule has 1 N–H and O–H groups in total. The van der Waals surface area contributed by atoms with Crippen molar-refractivity contribution in [3.05, 3.63) is 71.2 Å². The number of anilines is 1. The molecule has 0 aliphatic heterocycles. The summed E-state index contributed by atoms with van der Waals surface area (Å²) >= 11 is 5.92. The third kappa shape index (κ3) is 3.57. The quantitative estimate of drug-likeness (QED) is 0.617. The van der Waals surface area contributed by atoms with E-state index in [9.17, 15) is 0 Å². The normalized spacial score (nSPS) is 17.7. The van der Waals surface area contributed by atoms with Gasteiger partial charge in [-0.2, -0.15) is 0 Å². The molecule has 0 unspecified atom stereocenters. The minimum atomic E-state index is 0.542. The maximum atomic E-state index is 5.92. The number of allylic oxidation sites excluding steroid dienone is 1. The van der Waals surface area contributed by atoms with E-state index in [0.717, 1.165) is 41.9 Å². The van der Waals surface area contributed by atoms with Gasteiger partial charge in [0.25, 0.3) is 0 Å². The van der Waals surface area contributed by atoms with E-state index in [-0.39, 0.29) is 0 Å². The van der Waals surface area contributed by atoms with Crippen molar-refractivity contribution >= 4 is 28.3 Å². The van der Waals surface area contributed by atoms with Gasteiger partial charge in [-0.1, -0.05) is 23.2 Å². The first kappa shape index (κ1) is 16.2. The first-order valence-corrected chi connectivity index (χ1v) is 9.20. The number of benzene rings is 2. The smallest absolute Gasteiger partial charge is 0.0960 e. The zero-order chi connectivity index (χ0) is 17.2. The summed E-state index contributed by atoms with van der Waals surface area (Å²) in [5, 5.41) is 4.15. The highest BCUT2D eigenvalue weighted by Crippen LogP contribution is 2.33. The van der Waals surface area contributed by atoms with Gasteiger partial charge in [-0.25, -0.2) is 4.98 Å². The molecule has 25 heavy (non-hydrogen) atoms. The van der Waals surface area contributed by atoms with Crippen LogP contribution >= 0.6 is 11.6 Å². The topological polar surface area (TPSA) is 29.9 Å². The number of hydrogen-bond acceptors (Lipinski definition) is 2. The summed E-state index contributed by atoms with van der Waals surface area (Å²) < 4.78 is 2.36. The van der Waals surface area contributed by atoms with Gasteiger partial charge in [0.15, 0.2) is 0 Å². The first-order valence-electron chi connectivity index (χ1n) is 8.82. The summed E-state index contributed by atoms with van der Waals surface area (Å²) in [5.41, 5.74) is 6.18. The highest BCUT2D eigenvalue weighted by Gasteiger charge is 2.19. The van der Waals surface area contributed by atoms with Crippen LogP contribution in [0.4, 0.5) is 5.69 Å². The zero-order valence-corrected chi connectivity index (χ0v) is 15.1. The summed E-state index contributed by atoms with van der Waals surface area (Å²) in [6.45, 7) is 2.11. The average molecular weight is 352 g/mol. The average Bonchev–Trinajstić information content (AvgIpc) is 3.04. The molecule has 1 fully saturated rings. The molecule has 1 aliphatic rings. The Morgan fingerprint density at radius 3 is 2.64 bits per heavy atom. The van der Waals surface area contributed by atoms with Crippen molar-refractivity contribution in [3.8, 4) is 0 Å². The van der Waals surface area contributed by atoms with Crippen LogP contribution in [0.2, 0.25) is 5.02 Å². The lowest BCUT2D eigenvalue weighted by Gasteiger charge is -2.25. The van der Waals surface area contributed by atoms with Crippen LogP contribution in [0, 0.1) is 6.92 Å². The lowest BCUT2D eigenvalue weighted by atomic mass is 9.91. The Hall–Kier alpha value is -2.26. The molecule has 1 aromatic heterocycles. The minimum Gasteiger partial charge on any atom is -0.362 e. The Labute approximate surface area is 153 Å². The van der Waals surface area contributed by atoms with E-state index in [4.69, 9.17) is 11.6 Å². The predicted molar refractivity (Wildman–Crippen MR) is 105 cm³/mol. The Bertz CT molecular complexity index is 899. The number of imidazole rings is 1. The molecule has 0 bridgehead atoms. The van der Waals surface area contributed by atoms with Gasteiger partial charge in [0, 0.05) is 23.0 Å². The highest BCUT2D eigenvalue weighted by molar-refractivity contribution is 6.30. The molecule has 0 saturated heterocycles. The fourth-order valence-corrected chi connectivity index (χ4v) is 3.69. The van der Waals surface area contributed by atoms with E-state index in [1.165, 1.54) is 16.7 Å². The number of aryl methyl sites for hydroxylation is 1. The summed E-state index contributed by atoms with van der Waals surface area (Å²) in [5.74, 6) is 0. The standard InChI is InChI=1S/C21H22ClN3/c1-15-2-11-21-20(12-15)24-14-25(21)19-9-3-16(4-10-19)13-23-18-7-5-17(22)6-8-18/h2,5-8,11-14,19,23H,3-4,9-10H2,1H3. The molecule has 0 atom stereocenters. The number of aromatic nitrogens is 2. The van der Waals surface area contributed by atoms with Crippen molar-refractivity contribution < 1.29 is 0 Å². The number of fused-ring (bicyclic) bond motifs is 1. The monoisotopic (exact) mass is 351 g/mol. The van der Waals surface area contributed by atoms with Gasteiger partial charge in [0.2, 0.25) is 0 Å². The SMILES string of the molecule is Cc1ccc2c(c1)ncn2C1CCC(=CNc2ccc(Cl)cc2)CC1. The molecule has 0 radical (unpaired) electrons. The van der Waals surface area contributed by atoms with Crippen LogP contribution < -0.4 is 5.32 Å². The number of nitrogens with zero attached hydrogens (tertiary/aromatic N) is 2. The molecule has 128 valence electrons. The van der Waals surface area contributed by atoms with E-state index in [0.29, 0.717) is 6.04 Å². The van der Waals surface area contributed by atoms with Crippen LogP contribution in [-0.4, -0.2) is 9.55 Å². The molecule has 1 heterocycles. The second kappa shape index (κ2) is 6.93. The molecular formula is C21H22ClN3. The van der Waals surface area contributed by atoms with Crippen molar-refractivity contribution in [2.24, 2.45) is 0 Å². The summed E-state index contributed by atoms with van der Waals surface area (Å²) in [6.07, 6.45) is 8.73. The van der Waals surface area contributed by atoms with Crippen molar-refractivity contribution in [3.63, 3.8) is 0 Å². The molecule has 1 aliphatic carbocycles. The molecular weight excluding hydrogens is 330 g/mol. The molecule has 0 spiro atoms. The largest absolute Gasteiger partial charge is 0.362 e. The van der Waals surface area contributed by atoms with Gasteiger partial charge in [0.05, 0.1) is 17.4 Å². The molecule has 3 aromatic rings. The zero-order valence-electron chi connectivity index (χ0n) is 14.4. The fourth-order valence-electron chi connectivity index (χ4n) is 3.56. The van der Waals surface area contributed by atoms with E-state index in [1.54, 1.807) is 0 Å². The molecule has 4 heteroatoms. The third-order valence-electron chi connectivity index (χ3n) is 5.01. The van der Waals surface area contributed by atoms with Crippen LogP contribution in [0.3, 0.4) is 0 Å². The fraction of sp³-hybridized carbons (Fsp3) is 0.286. The number of hydrogen-bond donors (Lipinski definition) is 1. The van der Waals surface area contributed by atoms with Crippen molar-refractivity contribution in [2.45, 2.75) is 38.6 Å². The van der Waals surface area contributed by atoms with Crippen molar-refractivity contribution in [1.82, 2.24) is 9.55 Å². The lowest BCUT2D eigenvalue weighted by Crippen LogP contribution is -2.13. The summed E-state index contributed by atoms with van der Waals surface area (Å²) in [4.78, 5) is 4.58. The van der Waals surface area contributed by atoms with Gasteiger partial charge in [0.1, 0.15) is 0 Å². The Kier molecular flexibility index (Phi) is 4.50. The van der Waals surface area contributed by atoms with Crippen LogP contribution in [0.1, 0.15) is 37.3 Å². The number of halogens is 1. The number of nitrogens with one attached hydrogen (secondary N) is 1. The van der Waals surface area contributed by atoms with Crippen molar-refractivity contribution in [2.75, 3.05) is 5.32 Å². The second-order valence-electron chi connectivity index (χ2n) is 6.83. The van der Waals surface area contributed by atoms with Crippen LogP contribution in [-0.2, 0) is 0 Å². The molecule has 0 amide bonds. The van der Waals surface area contributed by atoms with Gasteiger partial charge in [-0.15, -0.1) is 0 Å². The van der Waals surface area contributed by atoms with Gasteiger partial charge < -0.3 is 9.88 Å². The van der Waals surface area contributed by atoms with Crippen molar-refractivity contribution in [1.29, 1.82) is 0 Å². The maximum Gasteiger partial charge on any atom is 0.0960 e. The maximum absolute atomic E-state index is 5.92. The van der Waals surface area contributed by atoms with Gasteiger partial charge in [-0.3, -0.25) is 0 Å². The highest BCUT2D eigenvalue weighted by atomic mass is 35.5. The number of rotatable bonds is 3. The van der Waals surface area contributed by atoms with Crippen LogP contribution in [0.15, 0.2) is 60.6 Å². The van der Waals surface area contributed by atoms with E-state index in [1.807, 2.05) is 30.6 Å². The van der Waals surface area contributed by atoms with E-state index < -0.39 is 0 Å². The van der Waals surface area contributed by atoms with Gasteiger partial charge >= 0.3 is 0 Å². The van der Waals surface area contributed by atoms with Crippen LogP contribution in [0.5, 0.6) is 0 Å². The Balaban J connectivity index is 1.42. The minimum absolute atomic E-state index is 0.542. The van der Waals surface area contributed by atoms with Crippen LogP contribution in [0.25, 0.3) is 11.0 Å². The van der Waals surface area contributed by atoms with Gasteiger partial charge in [-0.05, 0) is 74.6 Å². The molecule has 4 rings (SSSR count). The molecule has 1 saturated carbocycles. The summed E-state index contributed by atoms with van der Waals surface area (Å²) in [6, 6.07) is 14.9. The third-order valence-corrected chi connectivity index (χ3v) is 5.26.